The molecular weight excluding hydrogens is 386 g/mol. The fourth-order valence-corrected chi connectivity index (χ4v) is 3.73. The van der Waals surface area contributed by atoms with Crippen molar-refractivity contribution >= 4 is 42.4 Å². The summed E-state index contributed by atoms with van der Waals surface area (Å²) in [7, 11) is -1.01. The van der Waals surface area contributed by atoms with Crippen LogP contribution in [-0.4, -0.2) is 17.6 Å². The van der Waals surface area contributed by atoms with Crippen molar-refractivity contribution in [3.05, 3.63) is 46.8 Å². The molecule has 0 unspecified atom stereocenters. The van der Waals surface area contributed by atoms with Gasteiger partial charge in [-0.2, -0.15) is 12.2 Å². The van der Waals surface area contributed by atoms with Crippen LogP contribution in [0.1, 0.15) is 12.8 Å². The third-order valence-corrected chi connectivity index (χ3v) is 5.97. The van der Waals surface area contributed by atoms with Crippen molar-refractivity contribution in [2.75, 3.05) is 0 Å². The summed E-state index contributed by atoms with van der Waals surface area (Å²) in [5.74, 6) is 0. The zero-order valence-corrected chi connectivity index (χ0v) is 18.6. The maximum atomic E-state index is 3.32. The second-order valence-corrected chi connectivity index (χ2v) is 10.6. The first kappa shape index (κ1) is 24.8. The molecule has 0 nitrogen and oxygen atoms in total. The van der Waals surface area contributed by atoms with Crippen molar-refractivity contribution in [3.8, 4) is 0 Å². The van der Waals surface area contributed by atoms with Crippen LogP contribution in [0.5, 0.6) is 0 Å². The van der Waals surface area contributed by atoms with Gasteiger partial charge in [-0.25, -0.2) is 22.5 Å². The van der Waals surface area contributed by atoms with Gasteiger partial charge in [0, 0.05) is 17.6 Å². The van der Waals surface area contributed by atoms with E-state index in [2.05, 4.69) is 62.6 Å². The molecule has 5 heteroatoms. The van der Waals surface area contributed by atoms with Crippen molar-refractivity contribution in [2.45, 2.75) is 39.0 Å². The minimum absolute atomic E-state index is 0. The molecule has 0 aromatic carbocycles. The van der Waals surface area contributed by atoms with Crippen LogP contribution in [-0.2, 0) is 26.2 Å². The summed E-state index contributed by atoms with van der Waals surface area (Å²) >= 11 is 0. The Balaban J connectivity index is -0.000000233. The molecule has 0 amide bonds. The van der Waals surface area contributed by atoms with Gasteiger partial charge < -0.3 is 0 Å². The van der Waals surface area contributed by atoms with Gasteiger partial charge in [-0.05, 0) is 0 Å². The van der Waals surface area contributed by atoms with E-state index in [9.17, 15) is 0 Å². The molecule has 0 saturated heterocycles. The molecule has 0 aliphatic heterocycles. The van der Waals surface area contributed by atoms with Crippen molar-refractivity contribution in [1.82, 2.24) is 0 Å². The number of hydrogen-bond donors (Lipinski definition) is 0. The average molecular weight is 411 g/mol. The second-order valence-electron chi connectivity index (χ2n) is 4.79. The van der Waals surface area contributed by atoms with Crippen LogP contribution < -0.4 is 0 Å². The van der Waals surface area contributed by atoms with Gasteiger partial charge in [0.2, 0.25) is 0 Å². The second kappa shape index (κ2) is 13.8. The predicted molar refractivity (Wildman–Crippen MR) is 93.3 cm³/mol. The van der Waals surface area contributed by atoms with Gasteiger partial charge in [0.15, 0.2) is 0 Å². The van der Waals surface area contributed by atoms with E-state index in [1.807, 2.05) is 0 Å². The Kier molecular flexibility index (Phi) is 18.1. The molecular formula is C14H24Cl2Si2Zr. The first-order valence-electron chi connectivity index (χ1n) is 6.15. The number of allylic oxidation sites excluding steroid dienone is 8. The van der Waals surface area contributed by atoms with Crippen molar-refractivity contribution in [3.63, 3.8) is 0 Å². The third kappa shape index (κ3) is 10.3. The van der Waals surface area contributed by atoms with Crippen LogP contribution in [0.25, 0.3) is 0 Å². The normalized spacial score (nSPS) is 14.8. The Morgan fingerprint density at radius 3 is 1.21 bits per heavy atom. The molecule has 2 aliphatic carbocycles. The number of rotatable bonds is 2. The summed E-state index contributed by atoms with van der Waals surface area (Å²) in [6, 6.07) is 0. The quantitative estimate of drug-likeness (QED) is 0.472. The largest absolute Gasteiger partial charge is 2.00 e. The zero-order chi connectivity index (χ0) is 12.0. The minimum atomic E-state index is -0.504. The minimum Gasteiger partial charge on any atom is -0.274 e. The summed E-state index contributed by atoms with van der Waals surface area (Å²) in [5.41, 5.74) is 0. The molecule has 2 aliphatic rings. The van der Waals surface area contributed by atoms with Gasteiger partial charge in [-0.15, -0.1) is 37.7 Å². The molecule has 0 N–H and O–H groups in total. The Bertz CT molecular complexity index is 311. The summed E-state index contributed by atoms with van der Waals surface area (Å²) in [4.78, 5) is 0. The number of hydrogen-bond acceptors (Lipinski definition) is 0. The first-order chi connectivity index (χ1) is 7.61. The van der Waals surface area contributed by atoms with E-state index in [-0.39, 0.29) is 51.0 Å². The van der Waals surface area contributed by atoms with E-state index in [4.69, 9.17) is 0 Å². The fraction of sp³-hybridized carbons (Fsp3) is 0.429. The zero-order valence-electron chi connectivity index (χ0n) is 12.2. The summed E-state index contributed by atoms with van der Waals surface area (Å²) < 4.78 is 0. The third-order valence-electron chi connectivity index (χ3n) is 2.69. The van der Waals surface area contributed by atoms with E-state index in [0.717, 1.165) is 12.8 Å². The van der Waals surface area contributed by atoms with Crippen molar-refractivity contribution < 1.29 is 26.2 Å². The predicted octanol–water partition coefficient (Wildman–Crippen LogP) is 4.24. The van der Waals surface area contributed by atoms with Crippen LogP contribution in [0.3, 0.4) is 0 Å². The topological polar surface area (TPSA) is 0 Å². The summed E-state index contributed by atoms with van der Waals surface area (Å²) in [5, 5.41) is 3.01. The van der Waals surface area contributed by atoms with Gasteiger partial charge in [0.1, 0.15) is 0 Å². The molecule has 0 radical (unpaired) electrons. The molecule has 2 rings (SSSR count). The standard InChI is InChI=1S/2C7H11Si.2ClH.Zr/c2*1-8(2)7-5-3-4-6-7;;;/h2*3,5,8H,4H2,1-2H3;2*1H;/q2*-1;;;+2. The molecule has 0 heterocycles. The van der Waals surface area contributed by atoms with Crippen molar-refractivity contribution in [1.29, 1.82) is 0 Å². The molecule has 0 atom stereocenters. The Hall–Kier alpha value is 0.857. The molecule has 106 valence electrons. The Morgan fingerprint density at radius 1 is 0.789 bits per heavy atom. The van der Waals surface area contributed by atoms with Crippen LogP contribution in [0.15, 0.2) is 34.7 Å². The van der Waals surface area contributed by atoms with Crippen LogP contribution >= 0.6 is 24.8 Å². The Labute approximate surface area is 153 Å². The van der Waals surface area contributed by atoms with Crippen LogP contribution in [0, 0.1) is 12.2 Å². The number of halogens is 2. The van der Waals surface area contributed by atoms with Gasteiger partial charge in [-0.1, -0.05) is 26.2 Å². The van der Waals surface area contributed by atoms with E-state index >= 15 is 0 Å². The molecule has 0 aromatic heterocycles. The summed E-state index contributed by atoms with van der Waals surface area (Å²) in [6.07, 6.45) is 17.6. The van der Waals surface area contributed by atoms with Gasteiger partial charge >= 0.3 is 26.2 Å². The molecule has 0 fully saturated rings. The molecule has 19 heavy (non-hydrogen) atoms. The van der Waals surface area contributed by atoms with E-state index in [1.165, 1.54) is 10.4 Å². The summed E-state index contributed by atoms with van der Waals surface area (Å²) in [6.45, 7) is 9.33. The molecule has 0 saturated carbocycles. The van der Waals surface area contributed by atoms with Gasteiger partial charge in [-0.3, -0.25) is 12.2 Å². The van der Waals surface area contributed by atoms with Crippen LogP contribution in [0.4, 0.5) is 0 Å². The fourth-order valence-electron chi connectivity index (χ4n) is 1.64. The average Bonchev–Trinajstić information content (AvgIpc) is 2.93. The molecule has 0 aromatic rings. The Morgan fingerprint density at radius 2 is 1.11 bits per heavy atom. The molecule has 0 bridgehead atoms. The van der Waals surface area contributed by atoms with E-state index in [0.29, 0.717) is 0 Å². The molecule has 0 spiro atoms. The van der Waals surface area contributed by atoms with Gasteiger partial charge in [0.05, 0.1) is 0 Å². The monoisotopic (exact) mass is 408 g/mol. The first-order valence-corrected chi connectivity index (χ1v) is 11.9. The maximum absolute atomic E-state index is 3.32. The smallest absolute Gasteiger partial charge is 0.274 e. The maximum Gasteiger partial charge on any atom is 2.00 e. The van der Waals surface area contributed by atoms with E-state index in [1.54, 1.807) is 0 Å². The van der Waals surface area contributed by atoms with Crippen LogP contribution in [0.2, 0.25) is 26.2 Å². The van der Waals surface area contributed by atoms with E-state index < -0.39 is 17.6 Å². The van der Waals surface area contributed by atoms with Gasteiger partial charge in [0.25, 0.3) is 0 Å². The van der Waals surface area contributed by atoms with Crippen molar-refractivity contribution in [2.24, 2.45) is 0 Å². The SMILES string of the molecule is C[SiH](C)C1=[C-]CC=C1.C[SiH](C)C1=[C-]CC=C1.Cl.Cl.[Zr+2].